The fraction of sp³-hybridized carbons (Fsp3) is 0.889. The van der Waals surface area contributed by atoms with E-state index in [1.54, 1.807) is 0 Å². The maximum atomic E-state index is 8.76. The lowest BCUT2D eigenvalue weighted by atomic mass is 10.1. The number of nitrogens with zero attached hydrogens (tertiary/aromatic N) is 2. The molecule has 1 rings (SSSR count). The lowest BCUT2D eigenvalue weighted by Gasteiger charge is -2.28. The van der Waals surface area contributed by atoms with E-state index in [4.69, 9.17) is 5.26 Å². The SMILES string of the molecule is CCC(C#N)CN1CCNCC1. The molecule has 0 bridgehead atoms. The first kappa shape index (κ1) is 9.50. The molecule has 12 heavy (non-hydrogen) atoms. The Balaban J connectivity index is 2.24. The van der Waals surface area contributed by atoms with Crippen LogP contribution in [0.4, 0.5) is 0 Å². The number of nitrogens with one attached hydrogen (secondary N) is 1. The van der Waals surface area contributed by atoms with Crippen molar-refractivity contribution >= 4 is 0 Å². The van der Waals surface area contributed by atoms with Gasteiger partial charge in [-0.15, -0.1) is 0 Å². The summed E-state index contributed by atoms with van der Waals surface area (Å²) in [5, 5.41) is 12.1. The molecule has 1 atom stereocenters. The lowest BCUT2D eigenvalue weighted by Crippen LogP contribution is -2.45. The van der Waals surface area contributed by atoms with Crippen molar-refractivity contribution in [3.8, 4) is 6.07 Å². The fourth-order valence-electron chi connectivity index (χ4n) is 1.47. The zero-order valence-electron chi connectivity index (χ0n) is 7.71. The Morgan fingerprint density at radius 2 is 2.17 bits per heavy atom. The van der Waals surface area contributed by atoms with Gasteiger partial charge in [-0.3, -0.25) is 4.90 Å². The molecule has 0 spiro atoms. The van der Waals surface area contributed by atoms with Crippen LogP contribution >= 0.6 is 0 Å². The van der Waals surface area contributed by atoms with Crippen molar-refractivity contribution in [3.63, 3.8) is 0 Å². The number of hydrogen-bond acceptors (Lipinski definition) is 3. The number of hydrogen-bond donors (Lipinski definition) is 1. The van der Waals surface area contributed by atoms with E-state index in [9.17, 15) is 0 Å². The second-order valence-electron chi connectivity index (χ2n) is 3.28. The quantitative estimate of drug-likeness (QED) is 0.663. The third-order valence-electron chi connectivity index (χ3n) is 2.36. The molecule has 0 radical (unpaired) electrons. The molecule has 1 unspecified atom stereocenters. The van der Waals surface area contributed by atoms with E-state index in [1.807, 2.05) is 0 Å². The maximum Gasteiger partial charge on any atom is 0.0669 e. The summed E-state index contributed by atoms with van der Waals surface area (Å²) in [6.45, 7) is 7.37. The predicted molar refractivity (Wildman–Crippen MR) is 48.7 cm³/mol. The molecular weight excluding hydrogens is 150 g/mol. The van der Waals surface area contributed by atoms with E-state index in [2.05, 4.69) is 23.2 Å². The van der Waals surface area contributed by atoms with E-state index in [0.29, 0.717) is 0 Å². The van der Waals surface area contributed by atoms with Gasteiger partial charge in [0.25, 0.3) is 0 Å². The van der Waals surface area contributed by atoms with E-state index in [1.165, 1.54) is 0 Å². The Morgan fingerprint density at radius 1 is 1.50 bits per heavy atom. The Labute approximate surface area is 74.4 Å². The molecule has 1 fully saturated rings. The van der Waals surface area contributed by atoms with Crippen LogP contribution in [-0.2, 0) is 0 Å². The van der Waals surface area contributed by atoms with E-state index in [-0.39, 0.29) is 5.92 Å². The van der Waals surface area contributed by atoms with Crippen LogP contribution in [0.5, 0.6) is 0 Å². The third kappa shape index (κ3) is 2.80. The molecule has 1 N–H and O–H groups in total. The van der Waals surface area contributed by atoms with Crippen LogP contribution in [0.2, 0.25) is 0 Å². The summed E-state index contributed by atoms with van der Waals surface area (Å²) >= 11 is 0. The maximum absolute atomic E-state index is 8.76. The highest BCUT2D eigenvalue weighted by molar-refractivity contribution is 4.85. The van der Waals surface area contributed by atoms with Gasteiger partial charge in [0.05, 0.1) is 12.0 Å². The minimum absolute atomic E-state index is 0.225. The lowest BCUT2D eigenvalue weighted by molar-refractivity contribution is 0.220. The summed E-state index contributed by atoms with van der Waals surface area (Å²) in [7, 11) is 0. The van der Waals surface area contributed by atoms with Gasteiger partial charge in [0.15, 0.2) is 0 Å². The highest BCUT2D eigenvalue weighted by Gasteiger charge is 2.13. The smallest absolute Gasteiger partial charge is 0.0669 e. The normalized spacial score (nSPS) is 21.7. The van der Waals surface area contributed by atoms with E-state index < -0.39 is 0 Å². The van der Waals surface area contributed by atoms with Gasteiger partial charge in [-0.05, 0) is 6.42 Å². The van der Waals surface area contributed by atoms with Gasteiger partial charge >= 0.3 is 0 Å². The van der Waals surface area contributed by atoms with Crippen LogP contribution in [-0.4, -0.2) is 37.6 Å². The van der Waals surface area contributed by atoms with Gasteiger partial charge in [-0.1, -0.05) is 6.92 Å². The summed E-state index contributed by atoms with van der Waals surface area (Å²) in [6.07, 6.45) is 0.973. The summed E-state index contributed by atoms with van der Waals surface area (Å²) in [5.41, 5.74) is 0. The van der Waals surface area contributed by atoms with E-state index >= 15 is 0 Å². The molecule has 0 amide bonds. The Kier molecular flexibility index (Phi) is 4.06. The van der Waals surface area contributed by atoms with Crippen LogP contribution in [0.1, 0.15) is 13.3 Å². The Morgan fingerprint density at radius 3 is 2.67 bits per heavy atom. The largest absolute Gasteiger partial charge is 0.314 e. The molecule has 1 saturated heterocycles. The summed E-state index contributed by atoms with van der Waals surface area (Å²) in [4.78, 5) is 2.37. The van der Waals surface area contributed by atoms with Crippen LogP contribution in [0.15, 0.2) is 0 Å². The van der Waals surface area contributed by atoms with Crippen molar-refractivity contribution in [1.82, 2.24) is 10.2 Å². The van der Waals surface area contributed by atoms with Crippen molar-refractivity contribution in [3.05, 3.63) is 0 Å². The molecule has 0 aromatic carbocycles. The molecule has 1 aliphatic heterocycles. The minimum atomic E-state index is 0.225. The topological polar surface area (TPSA) is 39.1 Å². The van der Waals surface area contributed by atoms with Crippen molar-refractivity contribution in [2.45, 2.75) is 13.3 Å². The zero-order valence-corrected chi connectivity index (χ0v) is 7.71. The molecule has 68 valence electrons. The second kappa shape index (κ2) is 5.13. The first-order valence-corrected chi connectivity index (χ1v) is 4.69. The average molecular weight is 167 g/mol. The molecule has 0 aromatic rings. The summed E-state index contributed by atoms with van der Waals surface area (Å²) < 4.78 is 0. The van der Waals surface area contributed by atoms with E-state index in [0.717, 1.165) is 39.1 Å². The highest BCUT2D eigenvalue weighted by atomic mass is 15.2. The second-order valence-corrected chi connectivity index (χ2v) is 3.28. The van der Waals surface area contributed by atoms with Crippen LogP contribution < -0.4 is 5.32 Å². The van der Waals surface area contributed by atoms with Gasteiger partial charge in [0.1, 0.15) is 0 Å². The average Bonchev–Trinajstić information content (AvgIpc) is 2.16. The van der Waals surface area contributed by atoms with Crippen molar-refractivity contribution in [2.75, 3.05) is 32.7 Å². The molecule has 3 nitrogen and oxygen atoms in total. The molecule has 0 saturated carbocycles. The van der Waals surface area contributed by atoms with Crippen molar-refractivity contribution in [2.24, 2.45) is 5.92 Å². The Hall–Kier alpha value is -0.590. The standard InChI is InChI=1S/C9H17N3/c1-2-9(7-10)8-12-5-3-11-4-6-12/h9,11H,2-6,8H2,1H3. The summed E-state index contributed by atoms with van der Waals surface area (Å²) in [6, 6.07) is 2.34. The van der Waals surface area contributed by atoms with Crippen LogP contribution in [0.3, 0.4) is 0 Å². The number of nitriles is 1. The number of piperazine rings is 1. The van der Waals surface area contributed by atoms with Gasteiger partial charge in [-0.2, -0.15) is 5.26 Å². The monoisotopic (exact) mass is 167 g/mol. The van der Waals surface area contributed by atoms with Crippen molar-refractivity contribution in [1.29, 1.82) is 5.26 Å². The molecule has 3 heteroatoms. The van der Waals surface area contributed by atoms with Gasteiger partial charge in [-0.25, -0.2) is 0 Å². The molecule has 1 heterocycles. The molecule has 1 aliphatic rings. The molecular formula is C9H17N3. The van der Waals surface area contributed by atoms with Crippen molar-refractivity contribution < 1.29 is 0 Å². The van der Waals surface area contributed by atoms with Gasteiger partial charge in [0.2, 0.25) is 0 Å². The number of rotatable bonds is 3. The fourth-order valence-corrected chi connectivity index (χ4v) is 1.47. The predicted octanol–water partition coefficient (Wildman–Crippen LogP) is 0.441. The van der Waals surface area contributed by atoms with Gasteiger partial charge in [0, 0.05) is 32.7 Å². The minimum Gasteiger partial charge on any atom is -0.314 e. The summed E-state index contributed by atoms with van der Waals surface area (Å²) in [5.74, 6) is 0.225. The first-order valence-electron chi connectivity index (χ1n) is 4.69. The zero-order chi connectivity index (χ0) is 8.81. The highest BCUT2D eigenvalue weighted by Crippen LogP contribution is 2.04. The van der Waals surface area contributed by atoms with Gasteiger partial charge < -0.3 is 5.32 Å². The Bertz CT molecular complexity index is 156. The first-order chi connectivity index (χ1) is 5.86. The third-order valence-corrected chi connectivity index (χ3v) is 2.36. The molecule has 0 aromatic heterocycles. The molecule has 0 aliphatic carbocycles. The van der Waals surface area contributed by atoms with Crippen LogP contribution in [0, 0.1) is 17.2 Å². The van der Waals surface area contributed by atoms with Crippen LogP contribution in [0.25, 0.3) is 0 Å².